The van der Waals surface area contributed by atoms with E-state index in [1.165, 1.54) is 0 Å². The molecule has 146 valence electrons. The number of nitrogens with zero attached hydrogens (tertiary/aromatic N) is 2. The number of carbonyl (C=O) groups excluding carboxylic acids is 2. The summed E-state index contributed by atoms with van der Waals surface area (Å²) in [6.45, 7) is 10.1. The van der Waals surface area contributed by atoms with E-state index in [0.717, 1.165) is 21.8 Å². The molecule has 27 heavy (non-hydrogen) atoms. The largest absolute Gasteiger partial charge is 0.347 e. The summed E-state index contributed by atoms with van der Waals surface area (Å²) in [6, 6.07) is 9.77. The maximum absolute atomic E-state index is 12.4. The van der Waals surface area contributed by atoms with Gasteiger partial charge in [-0.15, -0.1) is 0 Å². The number of nitrogens with one attached hydrogen (secondary N) is 3. The number of anilines is 1. The number of carbonyl (C=O) groups is 2. The highest BCUT2D eigenvalue weighted by molar-refractivity contribution is 5.91. The van der Waals surface area contributed by atoms with E-state index in [9.17, 15) is 9.59 Å². The van der Waals surface area contributed by atoms with Crippen molar-refractivity contribution in [3.05, 3.63) is 41.6 Å². The number of benzene rings is 1. The Morgan fingerprint density at radius 2 is 1.67 bits per heavy atom. The monoisotopic (exact) mass is 372 g/mol. The van der Waals surface area contributed by atoms with Gasteiger partial charge in [0.25, 0.3) is 11.8 Å². The molecule has 0 aliphatic heterocycles. The molecule has 0 saturated heterocycles. The van der Waals surface area contributed by atoms with Crippen molar-refractivity contribution in [1.82, 2.24) is 15.1 Å². The highest BCUT2D eigenvalue weighted by Gasteiger charge is 2.19. The SMILES string of the molecule is Cc1ccc(-n2nc(C)cc2NC(=O)C[NH+](C)CC(=O)NC(C)(C)C)cc1. The van der Waals surface area contributed by atoms with E-state index in [2.05, 4.69) is 15.7 Å². The van der Waals surface area contributed by atoms with Crippen LogP contribution in [0.1, 0.15) is 32.0 Å². The lowest BCUT2D eigenvalue weighted by atomic mass is 10.1. The van der Waals surface area contributed by atoms with Crippen molar-refractivity contribution < 1.29 is 14.5 Å². The molecule has 3 N–H and O–H groups in total. The molecular formula is C20H30N5O2+. The van der Waals surface area contributed by atoms with Gasteiger partial charge in [-0.1, -0.05) is 17.7 Å². The summed E-state index contributed by atoms with van der Waals surface area (Å²) < 4.78 is 1.72. The Kier molecular flexibility index (Phi) is 6.38. The van der Waals surface area contributed by atoms with Crippen LogP contribution >= 0.6 is 0 Å². The zero-order valence-electron chi connectivity index (χ0n) is 17.0. The molecule has 0 aliphatic carbocycles. The summed E-state index contributed by atoms with van der Waals surface area (Å²) in [5.74, 6) is 0.381. The first-order chi connectivity index (χ1) is 12.5. The predicted molar refractivity (Wildman–Crippen MR) is 106 cm³/mol. The zero-order valence-corrected chi connectivity index (χ0v) is 17.0. The number of rotatable bonds is 6. The number of amides is 2. The van der Waals surface area contributed by atoms with E-state index in [0.29, 0.717) is 5.82 Å². The van der Waals surface area contributed by atoms with Crippen molar-refractivity contribution in [3.8, 4) is 5.69 Å². The molecule has 2 amide bonds. The van der Waals surface area contributed by atoms with E-state index in [-0.39, 0.29) is 30.4 Å². The van der Waals surface area contributed by atoms with Crippen LogP contribution < -0.4 is 15.5 Å². The van der Waals surface area contributed by atoms with Gasteiger partial charge < -0.3 is 15.5 Å². The molecule has 1 heterocycles. The van der Waals surface area contributed by atoms with Crippen LogP contribution in [0.5, 0.6) is 0 Å². The second kappa shape index (κ2) is 8.35. The van der Waals surface area contributed by atoms with Crippen LogP contribution in [-0.2, 0) is 9.59 Å². The second-order valence-electron chi connectivity index (χ2n) is 8.08. The van der Waals surface area contributed by atoms with Crippen LogP contribution in [0.25, 0.3) is 5.69 Å². The fourth-order valence-electron chi connectivity index (χ4n) is 2.73. The van der Waals surface area contributed by atoms with E-state index < -0.39 is 0 Å². The molecule has 0 spiro atoms. The first-order valence-electron chi connectivity index (χ1n) is 9.09. The summed E-state index contributed by atoms with van der Waals surface area (Å²) in [4.78, 5) is 25.2. The quantitative estimate of drug-likeness (QED) is 0.704. The number of quaternary nitrogens is 1. The van der Waals surface area contributed by atoms with Crippen molar-refractivity contribution in [3.63, 3.8) is 0 Å². The Morgan fingerprint density at radius 1 is 1.07 bits per heavy atom. The minimum atomic E-state index is -0.280. The molecule has 0 aliphatic rings. The number of aromatic nitrogens is 2. The van der Waals surface area contributed by atoms with Crippen LogP contribution in [0.3, 0.4) is 0 Å². The van der Waals surface area contributed by atoms with E-state index in [1.54, 1.807) is 4.68 Å². The Labute approximate surface area is 160 Å². The molecular weight excluding hydrogens is 342 g/mol. The molecule has 2 rings (SSSR count). The molecule has 0 saturated carbocycles. The van der Waals surface area contributed by atoms with Gasteiger partial charge in [-0.3, -0.25) is 9.59 Å². The van der Waals surface area contributed by atoms with Crippen LogP contribution in [-0.4, -0.2) is 47.3 Å². The highest BCUT2D eigenvalue weighted by Crippen LogP contribution is 2.17. The molecule has 7 heteroatoms. The number of likely N-dealkylation sites (N-methyl/N-ethyl adjacent to an activating group) is 1. The van der Waals surface area contributed by atoms with Gasteiger partial charge in [0.2, 0.25) is 0 Å². The summed E-state index contributed by atoms with van der Waals surface area (Å²) in [5, 5.41) is 10.3. The fraction of sp³-hybridized carbons (Fsp3) is 0.450. The van der Waals surface area contributed by atoms with E-state index >= 15 is 0 Å². The van der Waals surface area contributed by atoms with Crippen molar-refractivity contribution in [1.29, 1.82) is 0 Å². The first-order valence-corrected chi connectivity index (χ1v) is 9.09. The minimum Gasteiger partial charge on any atom is -0.347 e. The van der Waals surface area contributed by atoms with Crippen LogP contribution in [0.15, 0.2) is 30.3 Å². The smallest absolute Gasteiger partial charge is 0.280 e. The third-order valence-corrected chi connectivity index (χ3v) is 3.82. The molecule has 1 aromatic heterocycles. The van der Waals surface area contributed by atoms with Gasteiger partial charge >= 0.3 is 0 Å². The molecule has 2 aromatic rings. The highest BCUT2D eigenvalue weighted by atomic mass is 16.2. The summed E-state index contributed by atoms with van der Waals surface area (Å²) in [6.07, 6.45) is 0. The maximum atomic E-state index is 12.4. The van der Waals surface area contributed by atoms with Gasteiger partial charge in [-0.25, -0.2) is 4.68 Å². The lowest BCUT2D eigenvalue weighted by Crippen LogP contribution is -3.11. The molecule has 0 radical (unpaired) electrons. The minimum absolute atomic E-state index is 0.0756. The molecule has 0 fully saturated rings. The molecule has 7 nitrogen and oxygen atoms in total. The van der Waals surface area contributed by atoms with Crippen molar-refractivity contribution in [2.45, 2.75) is 40.2 Å². The van der Waals surface area contributed by atoms with Gasteiger partial charge in [-0.2, -0.15) is 5.10 Å². The fourth-order valence-corrected chi connectivity index (χ4v) is 2.73. The van der Waals surface area contributed by atoms with E-state index in [1.807, 2.05) is 72.0 Å². The third-order valence-electron chi connectivity index (χ3n) is 3.82. The van der Waals surface area contributed by atoms with Gasteiger partial charge in [-0.05, 0) is 46.8 Å². The lowest BCUT2D eigenvalue weighted by Gasteiger charge is -2.21. The number of hydrogen-bond acceptors (Lipinski definition) is 3. The Bertz CT molecular complexity index is 803. The van der Waals surface area contributed by atoms with Gasteiger partial charge in [0, 0.05) is 11.6 Å². The summed E-state index contributed by atoms with van der Waals surface area (Å²) in [7, 11) is 1.82. The average Bonchev–Trinajstić information content (AvgIpc) is 2.85. The molecule has 1 unspecified atom stereocenters. The van der Waals surface area contributed by atoms with Crippen LogP contribution in [0.2, 0.25) is 0 Å². The van der Waals surface area contributed by atoms with E-state index in [4.69, 9.17) is 0 Å². The first kappa shape index (κ1) is 20.6. The van der Waals surface area contributed by atoms with Crippen LogP contribution in [0.4, 0.5) is 5.82 Å². The average molecular weight is 372 g/mol. The Morgan fingerprint density at radius 3 is 2.26 bits per heavy atom. The number of hydrogen-bond donors (Lipinski definition) is 3. The molecule has 1 aromatic carbocycles. The molecule has 0 bridgehead atoms. The lowest BCUT2D eigenvalue weighted by molar-refractivity contribution is -0.862. The van der Waals surface area contributed by atoms with Gasteiger partial charge in [0.1, 0.15) is 5.82 Å². The second-order valence-corrected chi connectivity index (χ2v) is 8.08. The molecule has 1 atom stereocenters. The van der Waals surface area contributed by atoms with Crippen molar-refractivity contribution in [2.24, 2.45) is 0 Å². The maximum Gasteiger partial charge on any atom is 0.280 e. The topological polar surface area (TPSA) is 80.5 Å². The Hall–Kier alpha value is -2.67. The summed E-state index contributed by atoms with van der Waals surface area (Å²) >= 11 is 0. The Balaban J connectivity index is 2.00. The predicted octanol–water partition coefficient (Wildman–Crippen LogP) is 0.857. The van der Waals surface area contributed by atoms with Crippen molar-refractivity contribution >= 4 is 17.6 Å². The van der Waals surface area contributed by atoms with Gasteiger partial charge in [0.05, 0.1) is 18.4 Å². The van der Waals surface area contributed by atoms with Gasteiger partial charge in [0.15, 0.2) is 13.1 Å². The normalized spacial score (nSPS) is 12.5. The van der Waals surface area contributed by atoms with Crippen molar-refractivity contribution in [2.75, 3.05) is 25.5 Å². The standard InChI is InChI=1S/C20H29N5O2/c1-14-7-9-16(10-8-14)25-17(11-15(2)23-25)21-18(26)12-24(6)13-19(27)22-20(3,4)5/h7-11H,12-13H2,1-6H3,(H,21,26)(H,22,27)/p+1. The third kappa shape index (κ3) is 6.53. The van der Waals surface area contributed by atoms with Crippen LogP contribution in [0, 0.1) is 13.8 Å². The summed E-state index contributed by atoms with van der Waals surface area (Å²) in [5.41, 5.74) is 2.58. The number of aryl methyl sites for hydroxylation is 2. The zero-order chi connectivity index (χ0) is 20.2.